The Hall–Kier alpha value is -1.56. The topological polar surface area (TPSA) is 59.4 Å². The Labute approximate surface area is 101 Å². The van der Waals surface area contributed by atoms with Crippen molar-refractivity contribution in [1.82, 2.24) is 20.0 Å². The molecule has 0 fully saturated rings. The molecule has 6 nitrogen and oxygen atoms in total. The van der Waals surface area contributed by atoms with Crippen molar-refractivity contribution >= 4 is 5.91 Å². The zero-order valence-corrected chi connectivity index (χ0v) is 10.5. The smallest absolute Gasteiger partial charge is 0.272 e. The van der Waals surface area contributed by atoms with Crippen LogP contribution in [-0.4, -0.2) is 54.4 Å². The zero-order valence-electron chi connectivity index (χ0n) is 10.5. The zero-order chi connectivity index (χ0) is 12.4. The van der Waals surface area contributed by atoms with Crippen molar-refractivity contribution in [2.45, 2.75) is 13.5 Å². The lowest BCUT2D eigenvalue weighted by Crippen LogP contribution is -2.32. The van der Waals surface area contributed by atoms with Gasteiger partial charge in [0.2, 0.25) is 5.88 Å². The maximum absolute atomic E-state index is 11.9. The van der Waals surface area contributed by atoms with Crippen molar-refractivity contribution < 1.29 is 9.53 Å². The molecule has 0 unspecified atom stereocenters. The molecule has 0 saturated heterocycles. The van der Waals surface area contributed by atoms with E-state index in [9.17, 15) is 4.79 Å². The summed E-state index contributed by atoms with van der Waals surface area (Å²) in [6.45, 7) is 4.67. The summed E-state index contributed by atoms with van der Waals surface area (Å²) in [5.74, 6) is 0.595. The van der Waals surface area contributed by atoms with E-state index in [1.54, 1.807) is 4.68 Å². The fourth-order valence-electron chi connectivity index (χ4n) is 1.79. The van der Waals surface area contributed by atoms with E-state index in [1.807, 2.05) is 25.9 Å². The molecule has 0 saturated carbocycles. The van der Waals surface area contributed by atoms with E-state index in [-0.39, 0.29) is 5.91 Å². The minimum absolute atomic E-state index is 0.130. The number of hydrogen-bond donors (Lipinski definition) is 1. The Morgan fingerprint density at radius 1 is 1.59 bits per heavy atom. The number of carbonyl (C=O) groups excluding carboxylic acids is 1. The number of nitrogens with one attached hydrogen (secondary N) is 1. The van der Waals surface area contributed by atoms with Gasteiger partial charge < -0.3 is 15.0 Å². The predicted octanol–water partition coefficient (Wildman–Crippen LogP) is -0.125. The van der Waals surface area contributed by atoms with Gasteiger partial charge in [0, 0.05) is 18.7 Å². The number of aromatic nitrogens is 2. The van der Waals surface area contributed by atoms with Crippen LogP contribution in [0.15, 0.2) is 0 Å². The van der Waals surface area contributed by atoms with Gasteiger partial charge in [0.25, 0.3) is 5.91 Å². The van der Waals surface area contributed by atoms with Gasteiger partial charge in [-0.1, -0.05) is 0 Å². The number of amides is 1. The van der Waals surface area contributed by atoms with E-state index >= 15 is 0 Å². The molecular weight excluding hydrogens is 220 g/mol. The summed E-state index contributed by atoms with van der Waals surface area (Å²) in [6.07, 6.45) is 0. The van der Waals surface area contributed by atoms with Crippen LogP contribution in [0.1, 0.15) is 16.1 Å². The highest BCUT2D eigenvalue weighted by molar-refractivity contribution is 5.94. The van der Waals surface area contributed by atoms with Gasteiger partial charge in [-0.2, -0.15) is 5.10 Å². The van der Waals surface area contributed by atoms with Crippen LogP contribution >= 0.6 is 0 Å². The van der Waals surface area contributed by atoms with Crippen molar-refractivity contribution in [3.8, 4) is 5.88 Å². The van der Waals surface area contributed by atoms with Gasteiger partial charge in [0.1, 0.15) is 6.61 Å². The molecule has 0 spiro atoms. The minimum atomic E-state index is -0.130. The predicted molar refractivity (Wildman–Crippen MR) is 63.3 cm³/mol. The van der Waals surface area contributed by atoms with Gasteiger partial charge in [-0.3, -0.25) is 4.79 Å². The molecule has 1 N–H and O–H groups in total. The van der Waals surface area contributed by atoms with E-state index < -0.39 is 0 Å². The Balaban J connectivity index is 2.00. The van der Waals surface area contributed by atoms with Crippen LogP contribution in [0.4, 0.5) is 0 Å². The van der Waals surface area contributed by atoms with Crippen molar-refractivity contribution in [3.63, 3.8) is 0 Å². The maximum Gasteiger partial charge on any atom is 0.272 e. The molecule has 17 heavy (non-hydrogen) atoms. The summed E-state index contributed by atoms with van der Waals surface area (Å²) in [6, 6.07) is 0. The van der Waals surface area contributed by atoms with Gasteiger partial charge >= 0.3 is 0 Å². The number of carbonyl (C=O) groups is 1. The SMILES string of the molecule is Cc1c(C(=O)NCCN(C)C)nn2c1OCC2. The average molecular weight is 238 g/mol. The molecule has 1 aliphatic heterocycles. The second-order valence-electron chi connectivity index (χ2n) is 4.41. The highest BCUT2D eigenvalue weighted by Crippen LogP contribution is 2.25. The largest absolute Gasteiger partial charge is 0.476 e. The van der Waals surface area contributed by atoms with Crippen LogP contribution in [0.3, 0.4) is 0 Å². The number of ether oxygens (including phenoxy) is 1. The standard InChI is InChI=1S/C11H18N4O2/c1-8-9(10(16)12-4-5-14(2)3)13-15-6-7-17-11(8)15/h4-7H2,1-3H3,(H,12,16). The summed E-state index contributed by atoms with van der Waals surface area (Å²) in [5, 5.41) is 7.10. The first kappa shape index (κ1) is 11.9. The first-order chi connectivity index (χ1) is 8.09. The molecule has 1 aromatic heterocycles. The fourth-order valence-corrected chi connectivity index (χ4v) is 1.79. The number of fused-ring (bicyclic) bond motifs is 1. The first-order valence-corrected chi connectivity index (χ1v) is 5.72. The molecular formula is C11H18N4O2. The summed E-state index contributed by atoms with van der Waals surface area (Å²) in [7, 11) is 3.94. The molecule has 0 radical (unpaired) electrons. The van der Waals surface area contributed by atoms with Crippen LogP contribution in [0.2, 0.25) is 0 Å². The van der Waals surface area contributed by atoms with E-state index in [2.05, 4.69) is 10.4 Å². The lowest BCUT2D eigenvalue weighted by Gasteiger charge is -2.09. The van der Waals surface area contributed by atoms with E-state index in [0.717, 1.165) is 24.5 Å². The molecule has 6 heteroatoms. The molecule has 0 aromatic carbocycles. The third kappa shape index (κ3) is 2.41. The summed E-state index contributed by atoms with van der Waals surface area (Å²) < 4.78 is 7.16. The van der Waals surface area contributed by atoms with E-state index in [4.69, 9.17) is 4.74 Å². The molecule has 1 aromatic rings. The van der Waals surface area contributed by atoms with Crippen molar-refractivity contribution in [3.05, 3.63) is 11.3 Å². The van der Waals surface area contributed by atoms with Gasteiger partial charge in [-0.15, -0.1) is 0 Å². The highest BCUT2D eigenvalue weighted by Gasteiger charge is 2.23. The Morgan fingerprint density at radius 3 is 3.00 bits per heavy atom. The maximum atomic E-state index is 11.9. The molecule has 2 heterocycles. The highest BCUT2D eigenvalue weighted by atomic mass is 16.5. The van der Waals surface area contributed by atoms with Gasteiger partial charge in [0.15, 0.2) is 5.69 Å². The van der Waals surface area contributed by atoms with Crippen LogP contribution in [0.25, 0.3) is 0 Å². The Morgan fingerprint density at radius 2 is 2.35 bits per heavy atom. The second kappa shape index (κ2) is 4.75. The third-order valence-corrected chi connectivity index (χ3v) is 2.73. The molecule has 1 amide bonds. The fraction of sp³-hybridized carbons (Fsp3) is 0.636. The van der Waals surface area contributed by atoms with Crippen molar-refractivity contribution in [1.29, 1.82) is 0 Å². The molecule has 0 aliphatic carbocycles. The normalized spacial score (nSPS) is 13.6. The lowest BCUT2D eigenvalue weighted by molar-refractivity contribution is 0.0944. The minimum Gasteiger partial charge on any atom is -0.476 e. The summed E-state index contributed by atoms with van der Waals surface area (Å²) in [4.78, 5) is 13.9. The van der Waals surface area contributed by atoms with Crippen LogP contribution < -0.4 is 10.1 Å². The van der Waals surface area contributed by atoms with Gasteiger partial charge in [-0.25, -0.2) is 4.68 Å². The average Bonchev–Trinajstić information content (AvgIpc) is 2.81. The second-order valence-corrected chi connectivity index (χ2v) is 4.41. The lowest BCUT2D eigenvalue weighted by atomic mass is 10.2. The van der Waals surface area contributed by atoms with Crippen molar-refractivity contribution in [2.75, 3.05) is 33.8 Å². The molecule has 0 atom stereocenters. The van der Waals surface area contributed by atoms with Gasteiger partial charge in [0.05, 0.1) is 6.54 Å². The van der Waals surface area contributed by atoms with Crippen LogP contribution in [-0.2, 0) is 6.54 Å². The van der Waals surface area contributed by atoms with E-state index in [0.29, 0.717) is 18.8 Å². The Bertz CT molecular complexity index is 425. The van der Waals surface area contributed by atoms with Gasteiger partial charge in [-0.05, 0) is 21.0 Å². The van der Waals surface area contributed by atoms with Crippen LogP contribution in [0, 0.1) is 6.92 Å². The third-order valence-electron chi connectivity index (χ3n) is 2.73. The number of rotatable bonds is 4. The quantitative estimate of drug-likeness (QED) is 0.794. The summed E-state index contributed by atoms with van der Waals surface area (Å²) in [5.41, 5.74) is 1.29. The first-order valence-electron chi connectivity index (χ1n) is 5.72. The number of hydrogen-bond acceptors (Lipinski definition) is 4. The molecule has 1 aliphatic rings. The number of nitrogens with zero attached hydrogens (tertiary/aromatic N) is 3. The number of likely N-dealkylation sites (N-methyl/N-ethyl adjacent to an activating group) is 1. The van der Waals surface area contributed by atoms with E-state index in [1.165, 1.54) is 0 Å². The Kier molecular flexibility index (Phi) is 3.33. The summed E-state index contributed by atoms with van der Waals surface area (Å²) >= 11 is 0. The molecule has 0 bridgehead atoms. The van der Waals surface area contributed by atoms with Crippen molar-refractivity contribution in [2.24, 2.45) is 0 Å². The molecule has 2 rings (SSSR count). The van der Waals surface area contributed by atoms with Crippen LogP contribution in [0.5, 0.6) is 5.88 Å². The monoisotopic (exact) mass is 238 g/mol. The molecule has 94 valence electrons.